The number of halogens is 4. The molecule has 0 aliphatic rings. The third-order valence-corrected chi connectivity index (χ3v) is 1.17. The van der Waals surface area contributed by atoms with Crippen LogP contribution in [0.3, 0.4) is 0 Å². The molecule has 0 amide bonds. The Morgan fingerprint density at radius 2 is 2.00 bits per heavy atom. The van der Waals surface area contributed by atoms with Gasteiger partial charge >= 0.3 is 6.36 Å². The number of alkyl halides is 4. The minimum absolute atomic E-state index is 0.0644. The smallest absolute Gasteiger partial charge is 0.404 e. The van der Waals surface area contributed by atoms with Crippen LogP contribution in [-0.2, 0) is 6.67 Å². The van der Waals surface area contributed by atoms with Gasteiger partial charge in [-0.3, -0.25) is 4.98 Å². The van der Waals surface area contributed by atoms with Crippen molar-refractivity contribution in [3.63, 3.8) is 0 Å². The summed E-state index contributed by atoms with van der Waals surface area (Å²) >= 11 is 0. The summed E-state index contributed by atoms with van der Waals surface area (Å²) < 4.78 is 50.2. The van der Waals surface area contributed by atoms with Crippen LogP contribution in [0.4, 0.5) is 17.6 Å². The van der Waals surface area contributed by atoms with Gasteiger partial charge in [-0.2, -0.15) is 0 Å². The van der Waals surface area contributed by atoms with Gasteiger partial charge in [0.15, 0.2) is 0 Å². The molecule has 0 radical (unpaired) electrons. The highest BCUT2D eigenvalue weighted by atomic mass is 19.4. The lowest BCUT2D eigenvalue weighted by molar-refractivity contribution is -0.274. The predicted molar refractivity (Wildman–Crippen MR) is 35.7 cm³/mol. The van der Waals surface area contributed by atoms with Gasteiger partial charge in [0, 0.05) is 0 Å². The average Bonchev–Trinajstić information content (AvgIpc) is 2.03. The molecule has 0 aliphatic heterocycles. The van der Waals surface area contributed by atoms with Crippen molar-refractivity contribution in [3.8, 4) is 5.75 Å². The van der Waals surface area contributed by atoms with E-state index in [9.17, 15) is 17.6 Å². The number of rotatable bonds is 2. The van der Waals surface area contributed by atoms with Crippen LogP contribution in [0.5, 0.6) is 5.75 Å². The molecule has 0 N–H and O–H groups in total. The van der Waals surface area contributed by atoms with Gasteiger partial charge in [-0.05, 0) is 12.1 Å². The Bertz CT molecular complexity index is 269. The molecule has 72 valence electrons. The fraction of sp³-hybridized carbons (Fsp3) is 0.286. The van der Waals surface area contributed by atoms with E-state index in [1.165, 1.54) is 0 Å². The molecule has 6 heteroatoms. The van der Waals surface area contributed by atoms with Crippen LogP contribution in [0.2, 0.25) is 0 Å². The molecular formula is C7H5F4NO. The number of hydrogen-bond acceptors (Lipinski definition) is 2. The largest absolute Gasteiger partial charge is 0.573 e. The highest BCUT2D eigenvalue weighted by molar-refractivity contribution is 5.19. The zero-order valence-electron chi connectivity index (χ0n) is 6.31. The lowest BCUT2D eigenvalue weighted by atomic mass is 10.4. The van der Waals surface area contributed by atoms with Gasteiger partial charge in [0.1, 0.15) is 12.4 Å². The summed E-state index contributed by atoms with van der Waals surface area (Å²) in [5.74, 6) is -0.454. The third kappa shape index (κ3) is 3.27. The highest BCUT2D eigenvalue weighted by Gasteiger charge is 2.31. The second-order valence-corrected chi connectivity index (χ2v) is 2.17. The van der Waals surface area contributed by atoms with Gasteiger partial charge < -0.3 is 4.74 Å². The molecular weight excluding hydrogens is 190 g/mol. The van der Waals surface area contributed by atoms with E-state index in [1.807, 2.05) is 0 Å². The summed E-state index contributed by atoms with van der Waals surface area (Å²) in [4.78, 5) is 3.38. The van der Waals surface area contributed by atoms with Crippen LogP contribution in [0.1, 0.15) is 5.69 Å². The molecule has 13 heavy (non-hydrogen) atoms. The molecule has 0 unspecified atom stereocenters. The third-order valence-electron chi connectivity index (χ3n) is 1.17. The first-order valence-corrected chi connectivity index (χ1v) is 3.28. The predicted octanol–water partition coefficient (Wildman–Crippen LogP) is 2.45. The first kappa shape index (κ1) is 9.76. The molecule has 0 aromatic carbocycles. The van der Waals surface area contributed by atoms with Crippen molar-refractivity contribution in [2.75, 3.05) is 0 Å². The Labute approximate surface area is 71.2 Å². The molecule has 0 spiro atoms. The molecule has 1 rings (SSSR count). The van der Waals surface area contributed by atoms with Crippen molar-refractivity contribution in [2.24, 2.45) is 0 Å². The van der Waals surface area contributed by atoms with Gasteiger partial charge in [-0.25, -0.2) is 4.39 Å². The van der Waals surface area contributed by atoms with Crippen LogP contribution in [0, 0.1) is 0 Å². The van der Waals surface area contributed by atoms with Crippen LogP contribution in [-0.4, -0.2) is 11.3 Å². The number of ether oxygens (including phenoxy) is 1. The van der Waals surface area contributed by atoms with Crippen LogP contribution in [0.15, 0.2) is 18.3 Å². The Balaban J connectivity index is 2.70. The fourth-order valence-corrected chi connectivity index (χ4v) is 0.684. The van der Waals surface area contributed by atoms with Gasteiger partial charge in [0.25, 0.3) is 0 Å². The SMILES string of the molecule is FCc1ccc(OC(F)(F)F)cn1. The first-order valence-electron chi connectivity index (χ1n) is 3.28. The molecule has 2 nitrogen and oxygen atoms in total. The van der Waals surface area contributed by atoms with Crippen molar-refractivity contribution < 1.29 is 22.3 Å². The molecule has 0 bridgehead atoms. The summed E-state index contributed by atoms with van der Waals surface area (Å²) in [7, 11) is 0. The highest BCUT2D eigenvalue weighted by Crippen LogP contribution is 2.21. The van der Waals surface area contributed by atoms with Crippen LogP contribution in [0.25, 0.3) is 0 Å². The first-order chi connectivity index (χ1) is 6.01. The Kier molecular flexibility index (Phi) is 2.69. The minimum atomic E-state index is -4.74. The maximum atomic E-state index is 11.9. The van der Waals surface area contributed by atoms with E-state index in [0.717, 1.165) is 18.3 Å². The lowest BCUT2D eigenvalue weighted by Gasteiger charge is -2.07. The van der Waals surface area contributed by atoms with E-state index in [1.54, 1.807) is 0 Å². The number of pyridine rings is 1. The summed E-state index contributed by atoms with van der Waals surface area (Å²) in [5, 5.41) is 0. The summed E-state index contributed by atoms with van der Waals surface area (Å²) in [6.45, 7) is -0.813. The second-order valence-electron chi connectivity index (χ2n) is 2.17. The van der Waals surface area contributed by atoms with Crippen molar-refractivity contribution in [1.82, 2.24) is 4.98 Å². The van der Waals surface area contributed by atoms with Crippen molar-refractivity contribution in [2.45, 2.75) is 13.0 Å². The normalized spacial score (nSPS) is 11.4. The number of nitrogens with zero attached hydrogens (tertiary/aromatic N) is 1. The lowest BCUT2D eigenvalue weighted by Crippen LogP contribution is -2.17. The number of hydrogen-bond donors (Lipinski definition) is 0. The van der Waals surface area contributed by atoms with Gasteiger partial charge in [-0.1, -0.05) is 0 Å². The van der Waals surface area contributed by atoms with E-state index in [2.05, 4.69) is 9.72 Å². The van der Waals surface area contributed by atoms with E-state index < -0.39 is 18.8 Å². The van der Waals surface area contributed by atoms with Gasteiger partial charge in [-0.15, -0.1) is 13.2 Å². The van der Waals surface area contributed by atoms with Crippen LogP contribution < -0.4 is 4.74 Å². The Morgan fingerprint density at radius 1 is 1.31 bits per heavy atom. The Morgan fingerprint density at radius 3 is 2.38 bits per heavy atom. The van der Waals surface area contributed by atoms with Gasteiger partial charge in [0.05, 0.1) is 11.9 Å². The molecule has 0 atom stereocenters. The summed E-state index contributed by atoms with van der Waals surface area (Å²) in [5.41, 5.74) is 0.0644. The summed E-state index contributed by atoms with van der Waals surface area (Å²) in [6, 6.07) is 2.14. The standard InChI is InChI=1S/C7H5F4NO/c8-3-5-1-2-6(4-12-5)13-7(9,10)11/h1-2,4H,3H2. The maximum absolute atomic E-state index is 11.9. The van der Waals surface area contributed by atoms with E-state index in [-0.39, 0.29) is 5.69 Å². The number of aromatic nitrogens is 1. The van der Waals surface area contributed by atoms with Crippen LogP contribution >= 0.6 is 0 Å². The molecule has 1 heterocycles. The topological polar surface area (TPSA) is 22.1 Å². The van der Waals surface area contributed by atoms with E-state index in [0.29, 0.717) is 0 Å². The zero-order chi connectivity index (χ0) is 9.90. The second kappa shape index (κ2) is 3.59. The van der Waals surface area contributed by atoms with Crippen molar-refractivity contribution in [3.05, 3.63) is 24.0 Å². The molecule has 0 saturated carbocycles. The molecule has 0 fully saturated rings. The Hall–Kier alpha value is -1.33. The van der Waals surface area contributed by atoms with Gasteiger partial charge in [0.2, 0.25) is 0 Å². The van der Waals surface area contributed by atoms with Crippen molar-refractivity contribution >= 4 is 0 Å². The minimum Gasteiger partial charge on any atom is -0.404 e. The van der Waals surface area contributed by atoms with E-state index >= 15 is 0 Å². The molecule has 1 aromatic heterocycles. The summed E-state index contributed by atoms with van der Waals surface area (Å²) in [6.07, 6.45) is -3.92. The molecule has 0 saturated heterocycles. The fourth-order valence-electron chi connectivity index (χ4n) is 0.684. The van der Waals surface area contributed by atoms with E-state index in [4.69, 9.17) is 0 Å². The zero-order valence-corrected chi connectivity index (χ0v) is 6.31. The quantitative estimate of drug-likeness (QED) is 0.676. The molecule has 1 aromatic rings. The average molecular weight is 195 g/mol. The van der Waals surface area contributed by atoms with Crippen molar-refractivity contribution in [1.29, 1.82) is 0 Å². The monoisotopic (exact) mass is 195 g/mol. The maximum Gasteiger partial charge on any atom is 0.573 e. The molecule has 0 aliphatic carbocycles.